The second-order valence-electron chi connectivity index (χ2n) is 2.00. The molecule has 0 saturated heterocycles. The Bertz CT molecular complexity index is 181. The Labute approximate surface area is 120 Å². The smallest absolute Gasteiger partial charge is 0.872 e. The predicted molar refractivity (Wildman–Crippen MR) is 35.3 cm³/mol. The molecule has 1 aromatic rings. The van der Waals surface area contributed by atoms with Gasteiger partial charge in [-0.25, -0.2) is 0 Å². The van der Waals surface area contributed by atoms with Crippen LogP contribution in [-0.4, -0.2) is 0 Å². The van der Waals surface area contributed by atoms with Crippen LogP contribution in [0.25, 0.3) is 0 Å². The fourth-order valence-electron chi connectivity index (χ4n) is 0.725. The second-order valence-corrected chi connectivity index (χ2v) is 2.00. The van der Waals surface area contributed by atoms with E-state index in [4.69, 9.17) is 0 Å². The SMILES string of the molecule is CCc1ccc([O-])cc1.[Cs+]. The topological polar surface area (TPSA) is 23.1 Å². The molecule has 0 bridgehead atoms. The molecular weight excluding hydrogens is 245 g/mol. The fourth-order valence-corrected chi connectivity index (χ4v) is 0.725. The van der Waals surface area contributed by atoms with Gasteiger partial charge in [0, 0.05) is 0 Å². The third kappa shape index (κ3) is 3.46. The van der Waals surface area contributed by atoms with E-state index < -0.39 is 0 Å². The number of hydrogen-bond acceptors (Lipinski definition) is 1. The summed E-state index contributed by atoms with van der Waals surface area (Å²) in [7, 11) is 0. The Morgan fingerprint density at radius 2 is 1.70 bits per heavy atom. The van der Waals surface area contributed by atoms with E-state index in [2.05, 4.69) is 6.92 Å². The third-order valence-electron chi connectivity index (χ3n) is 1.33. The van der Waals surface area contributed by atoms with Gasteiger partial charge in [0.05, 0.1) is 0 Å². The van der Waals surface area contributed by atoms with Gasteiger partial charge in [0.2, 0.25) is 0 Å². The van der Waals surface area contributed by atoms with E-state index >= 15 is 0 Å². The van der Waals surface area contributed by atoms with Crippen LogP contribution in [0.15, 0.2) is 24.3 Å². The van der Waals surface area contributed by atoms with Crippen LogP contribution in [0.2, 0.25) is 0 Å². The molecule has 0 saturated carbocycles. The molecule has 0 unspecified atom stereocenters. The summed E-state index contributed by atoms with van der Waals surface area (Å²) in [6, 6.07) is 6.92. The Hall–Kier alpha value is 1.07. The van der Waals surface area contributed by atoms with Crippen molar-refractivity contribution in [1.82, 2.24) is 0 Å². The van der Waals surface area contributed by atoms with Crippen LogP contribution >= 0.6 is 0 Å². The molecule has 0 N–H and O–H groups in total. The Kier molecular flexibility index (Phi) is 6.30. The van der Waals surface area contributed by atoms with Crippen LogP contribution in [-0.2, 0) is 6.42 Å². The van der Waals surface area contributed by atoms with Gasteiger partial charge < -0.3 is 5.11 Å². The van der Waals surface area contributed by atoms with E-state index in [9.17, 15) is 5.11 Å². The van der Waals surface area contributed by atoms with Crippen molar-refractivity contribution in [2.45, 2.75) is 13.3 Å². The van der Waals surface area contributed by atoms with E-state index in [1.807, 2.05) is 12.1 Å². The van der Waals surface area contributed by atoms with Crippen molar-refractivity contribution in [1.29, 1.82) is 0 Å². The van der Waals surface area contributed by atoms with Gasteiger partial charge in [-0.05, 0) is 12.0 Å². The Balaban J connectivity index is 0.000000810. The molecule has 0 aromatic heterocycles. The predicted octanol–water partition coefficient (Wildman–Crippen LogP) is -1.67. The van der Waals surface area contributed by atoms with Crippen LogP contribution in [0.3, 0.4) is 0 Å². The first-order valence-corrected chi connectivity index (χ1v) is 3.09. The molecule has 0 aliphatic rings. The average Bonchev–Trinajstić information content (AvgIpc) is 1.90. The summed E-state index contributed by atoms with van der Waals surface area (Å²) in [6.45, 7) is 2.07. The molecule has 2 heteroatoms. The van der Waals surface area contributed by atoms with Gasteiger partial charge in [0.1, 0.15) is 0 Å². The van der Waals surface area contributed by atoms with E-state index in [-0.39, 0.29) is 74.6 Å². The number of rotatable bonds is 1. The molecule has 1 rings (SSSR count). The summed E-state index contributed by atoms with van der Waals surface area (Å²) in [4.78, 5) is 0. The molecule has 1 aromatic carbocycles. The minimum Gasteiger partial charge on any atom is -0.872 e. The maximum absolute atomic E-state index is 10.5. The van der Waals surface area contributed by atoms with Crippen molar-refractivity contribution >= 4 is 0 Å². The van der Waals surface area contributed by atoms with Gasteiger partial charge in [0.25, 0.3) is 0 Å². The summed E-state index contributed by atoms with van der Waals surface area (Å²) in [5.74, 6) is 0.0900. The first-order valence-electron chi connectivity index (χ1n) is 3.09. The molecule has 0 fully saturated rings. The van der Waals surface area contributed by atoms with Crippen molar-refractivity contribution < 1.29 is 74.0 Å². The van der Waals surface area contributed by atoms with Crippen LogP contribution in [0.5, 0.6) is 5.75 Å². The van der Waals surface area contributed by atoms with Gasteiger partial charge >= 0.3 is 68.9 Å². The third-order valence-corrected chi connectivity index (χ3v) is 1.33. The van der Waals surface area contributed by atoms with Crippen molar-refractivity contribution in [3.63, 3.8) is 0 Å². The quantitative estimate of drug-likeness (QED) is 0.587. The molecule has 0 heterocycles. The van der Waals surface area contributed by atoms with E-state index in [1.165, 1.54) is 5.56 Å². The van der Waals surface area contributed by atoms with Crippen molar-refractivity contribution in [3.8, 4) is 5.75 Å². The van der Waals surface area contributed by atoms with Gasteiger partial charge in [-0.2, -0.15) is 0 Å². The summed E-state index contributed by atoms with van der Waals surface area (Å²) in [6.07, 6.45) is 1.00. The molecular formula is C8H9CsO. The minimum atomic E-state index is 0. The van der Waals surface area contributed by atoms with Crippen molar-refractivity contribution in [3.05, 3.63) is 29.8 Å². The van der Waals surface area contributed by atoms with Crippen LogP contribution in [0.1, 0.15) is 12.5 Å². The van der Waals surface area contributed by atoms with E-state index in [1.54, 1.807) is 12.1 Å². The molecule has 10 heavy (non-hydrogen) atoms. The molecule has 0 atom stereocenters. The summed E-state index contributed by atoms with van der Waals surface area (Å²) < 4.78 is 0. The standard InChI is InChI=1S/C8H10O.Cs/c1-2-7-3-5-8(9)6-4-7;/h3-6,9H,2H2,1H3;/q;+1/p-1. The van der Waals surface area contributed by atoms with Crippen LogP contribution < -0.4 is 74.0 Å². The second kappa shape index (κ2) is 5.69. The van der Waals surface area contributed by atoms with Gasteiger partial charge in [-0.1, -0.05) is 31.2 Å². The van der Waals surface area contributed by atoms with Gasteiger partial charge in [-0.3, -0.25) is 0 Å². The summed E-state index contributed by atoms with van der Waals surface area (Å²) >= 11 is 0. The average molecular weight is 254 g/mol. The molecule has 48 valence electrons. The van der Waals surface area contributed by atoms with Crippen molar-refractivity contribution in [2.75, 3.05) is 0 Å². The molecule has 0 aliphatic carbocycles. The Morgan fingerprint density at radius 1 is 1.20 bits per heavy atom. The maximum atomic E-state index is 10.5. The zero-order valence-corrected chi connectivity index (χ0v) is 12.7. The zero-order valence-electron chi connectivity index (χ0n) is 6.42. The molecule has 0 aliphatic heterocycles. The minimum absolute atomic E-state index is 0. The van der Waals surface area contributed by atoms with Crippen LogP contribution in [0, 0.1) is 0 Å². The number of aryl methyl sites for hydroxylation is 1. The summed E-state index contributed by atoms with van der Waals surface area (Å²) in [5, 5.41) is 10.5. The van der Waals surface area contributed by atoms with Crippen molar-refractivity contribution in [2.24, 2.45) is 0 Å². The largest absolute Gasteiger partial charge is 1.00 e. The molecule has 0 spiro atoms. The Morgan fingerprint density at radius 3 is 2.10 bits per heavy atom. The molecule has 1 nitrogen and oxygen atoms in total. The number of benzene rings is 1. The molecule has 0 radical (unpaired) electrons. The maximum Gasteiger partial charge on any atom is 1.00 e. The summed E-state index contributed by atoms with van der Waals surface area (Å²) in [5.41, 5.74) is 1.22. The first kappa shape index (κ1) is 11.1. The van der Waals surface area contributed by atoms with E-state index in [0.29, 0.717) is 0 Å². The normalized spacial score (nSPS) is 8.50. The fraction of sp³-hybridized carbons (Fsp3) is 0.250. The number of hydrogen-bond donors (Lipinski definition) is 0. The molecule has 0 amide bonds. The van der Waals surface area contributed by atoms with Gasteiger partial charge in [-0.15, -0.1) is 5.75 Å². The van der Waals surface area contributed by atoms with Gasteiger partial charge in [0.15, 0.2) is 0 Å². The first-order chi connectivity index (χ1) is 4.33. The monoisotopic (exact) mass is 254 g/mol. The van der Waals surface area contributed by atoms with Crippen LogP contribution in [0.4, 0.5) is 0 Å². The van der Waals surface area contributed by atoms with E-state index in [0.717, 1.165) is 6.42 Å². The zero-order chi connectivity index (χ0) is 6.69.